The van der Waals surface area contributed by atoms with Crippen molar-refractivity contribution in [3.63, 3.8) is 0 Å². The van der Waals surface area contributed by atoms with Gasteiger partial charge in [0.1, 0.15) is 5.82 Å². The molecule has 1 heterocycles. The number of benzene rings is 1. The number of aliphatic hydroxyl groups excluding tert-OH is 1. The number of nitrogens with zero attached hydrogens (tertiary/aromatic N) is 1. The Hall–Kier alpha value is -3.13. The summed E-state index contributed by atoms with van der Waals surface area (Å²) < 4.78 is 4.80. The smallest absolute Gasteiger partial charge is 0.320 e. The minimum atomic E-state index is -0.782. The molecule has 6 N–H and O–H groups in total. The number of hydrogen-bond donors (Lipinski definition) is 5. The number of nitrogens with one attached hydrogen (secondary N) is 3. The number of aliphatic hydroxyl groups is 1. The molecule has 1 aromatic heterocycles. The summed E-state index contributed by atoms with van der Waals surface area (Å²) >= 11 is 0. The van der Waals surface area contributed by atoms with Crippen molar-refractivity contribution >= 4 is 23.4 Å². The first kappa shape index (κ1) is 18.2. The Kier molecular flexibility index (Phi) is 5.91. The largest absolute Gasteiger partial charge is 0.481 e. The van der Waals surface area contributed by atoms with Crippen LogP contribution in [0.1, 0.15) is 24.1 Å². The number of nitrogens with two attached hydrogens (primary N) is 1. The molecule has 1 unspecified atom stereocenters. The maximum atomic E-state index is 12.2. The van der Waals surface area contributed by atoms with Crippen LogP contribution in [0.5, 0.6) is 0 Å². The van der Waals surface area contributed by atoms with E-state index >= 15 is 0 Å². The molecule has 0 saturated carbocycles. The molecule has 2 atom stereocenters. The van der Waals surface area contributed by atoms with Crippen molar-refractivity contribution in [1.82, 2.24) is 10.3 Å². The molecule has 0 saturated heterocycles. The van der Waals surface area contributed by atoms with Crippen molar-refractivity contribution in [3.8, 4) is 0 Å². The van der Waals surface area contributed by atoms with E-state index in [2.05, 4.69) is 15.6 Å². The second-order valence-corrected chi connectivity index (χ2v) is 5.42. The fourth-order valence-electron chi connectivity index (χ4n) is 2.28. The summed E-state index contributed by atoms with van der Waals surface area (Å²) in [7, 11) is 1.36. The van der Waals surface area contributed by atoms with Crippen LogP contribution >= 0.6 is 0 Å². The van der Waals surface area contributed by atoms with Crippen molar-refractivity contribution in [1.29, 1.82) is 5.41 Å². The number of ether oxygens (including phenoxy) is 1. The first-order chi connectivity index (χ1) is 11.9. The van der Waals surface area contributed by atoms with E-state index in [4.69, 9.17) is 15.9 Å². The van der Waals surface area contributed by atoms with Gasteiger partial charge >= 0.3 is 6.03 Å². The summed E-state index contributed by atoms with van der Waals surface area (Å²) in [6.45, 7) is 1.60. The SMILES string of the molecule is COC(=N)c1cnc(NC(=O)N[C@@H](c2ccccc2)C(C)O)cc1N. The predicted octanol–water partition coefficient (Wildman–Crippen LogP) is 1.88. The van der Waals surface area contributed by atoms with E-state index in [1.807, 2.05) is 30.3 Å². The number of urea groups is 1. The summed E-state index contributed by atoms with van der Waals surface area (Å²) in [5.74, 6) is 0.110. The van der Waals surface area contributed by atoms with Crippen molar-refractivity contribution in [2.45, 2.75) is 19.1 Å². The van der Waals surface area contributed by atoms with Gasteiger partial charge in [0, 0.05) is 18.0 Å². The minimum Gasteiger partial charge on any atom is -0.481 e. The average molecular weight is 343 g/mol. The highest BCUT2D eigenvalue weighted by Crippen LogP contribution is 2.18. The van der Waals surface area contributed by atoms with Gasteiger partial charge in [-0.2, -0.15) is 0 Å². The molecular formula is C17H21N5O3. The molecule has 2 rings (SSSR count). The van der Waals surface area contributed by atoms with Crippen molar-refractivity contribution in [2.24, 2.45) is 0 Å². The lowest BCUT2D eigenvalue weighted by Crippen LogP contribution is -2.38. The lowest BCUT2D eigenvalue weighted by molar-refractivity contribution is 0.148. The molecule has 1 aromatic carbocycles. The number of amides is 2. The van der Waals surface area contributed by atoms with Gasteiger partial charge in [-0.25, -0.2) is 9.78 Å². The van der Waals surface area contributed by atoms with Crippen LogP contribution in [0.3, 0.4) is 0 Å². The van der Waals surface area contributed by atoms with Crippen LogP contribution in [0.2, 0.25) is 0 Å². The number of nitrogen functional groups attached to an aromatic ring is 1. The van der Waals surface area contributed by atoms with Crippen LogP contribution in [0.4, 0.5) is 16.3 Å². The van der Waals surface area contributed by atoms with E-state index in [1.54, 1.807) is 6.92 Å². The number of rotatable bonds is 5. The monoisotopic (exact) mass is 343 g/mol. The van der Waals surface area contributed by atoms with Gasteiger partial charge in [-0.1, -0.05) is 30.3 Å². The zero-order valence-electron chi connectivity index (χ0n) is 14.0. The van der Waals surface area contributed by atoms with Crippen LogP contribution in [-0.2, 0) is 4.74 Å². The van der Waals surface area contributed by atoms with E-state index in [1.165, 1.54) is 19.4 Å². The van der Waals surface area contributed by atoms with Crippen LogP contribution in [-0.4, -0.2) is 35.2 Å². The number of carbonyl (C=O) groups is 1. The summed E-state index contributed by atoms with van der Waals surface area (Å²) in [5.41, 5.74) is 7.21. The molecule has 0 aliphatic rings. The predicted molar refractivity (Wildman–Crippen MR) is 95.5 cm³/mol. The van der Waals surface area contributed by atoms with E-state index in [0.717, 1.165) is 5.56 Å². The van der Waals surface area contributed by atoms with Gasteiger partial charge in [0.25, 0.3) is 0 Å². The first-order valence-corrected chi connectivity index (χ1v) is 7.61. The summed E-state index contributed by atoms with van der Waals surface area (Å²) in [5, 5.41) is 22.8. The second-order valence-electron chi connectivity index (χ2n) is 5.42. The highest BCUT2D eigenvalue weighted by Gasteiger charge is 2.20. The number of methoxy groups -OCH3 is 1. The number of pyridine rings is 1. The van der Waals surface area contributed by atoms with Gasteiger partial charge in [0.05, 0.1) is 24.8 Å². The van der Waals surface area contributed by atoms with Gasteiger partial charge in [0.2, 0.25) is 5.90 Å². The quantitative estimate of drug-likeness (QED) is 0.417. The normalized spacial score (nSPS) is 12.8. The fourth-order valence-corrected chi connectivity index (χ4v) is 2.28. The van der Waals surface area contributed by atoms with E-state index in [-0.39, 0.29) is 17.4 Å². The average Bonchev–Trinajstić information content (AvgIpc) is 2.59. The zero-order valence-corrected chi connectivity index (χ0v) is 14.0. The number of hydrogen-bond acceptors (Lipinski definition) is 6. The third-order valence-corrected chi connectivity index (χ3v) is 3.55. The summed E-state index contributed by atoms with van der Waals surface area (Å²) in [6.07, 6.45) is 0.566. The van der Waals surface area contributed by atoms with Crippen LogP contribution in [0.15, 0.2) is 42.6 Å². The molecular weight excluding hydrogens is 322 g/mol. The first-order valence-electron chi connectivity index (χ1n) is 7.61. The fraction of sp³-hybridized carbons (Fsp3) is 0.235. The van der Waals surface area contributed by atoms with Gasteiger partial charge in [-0.3, -0.25) is 10.7 Å². The second kappa shape index (κ2) is 8.11. The Bertz CT molecular complexity index is 749. The molecule has 0 radical (unpaired) electrons. The van der Waals surface area contributed by atoms with Crippen molar-refractivity contribution in [2.75, 3.05) is 18.2 Å². The molecule has 0 bridgehead atoms. The van der Waals surface area contributed by atoms with E-state index < -0.39 is 18.2 Å². The molecule has 0 fully saturated rings. The maximum absolute atomic E-state index is 12.2. The molecule has 0 spiro atoms. The number of aromatic nitrogens is 1. The van der Waals surface area contributed by atoms with Gasteiger partial charge in [-0.05, 0) is 12.5 Å². The van der Waals surface area contributed by atoms with Gasteiger partial charge in [0.15, 0.2) is 0 Å². The molecule has 0 aliphatic heterocycles. The molecule has 132 valence electrons. The number of anilines is 2. The Labute approximate surface area is 145 Å². The lowest BCUT2D eigenvalue weighted by Gasteiger charge is -2.22. The molecule has 8 heteroatoms. The van der Waals surface area contributed by atoms with Crippen LogP contribution < -0.4 is 16.4 Å². The highest BCUT2D eigenvalue weighted by molar-refractivity contribution is 5.97. The number of carbonyl (C=O) groups excluding carboxylic acids is 1. The Balaban J connectivity index is 2.08. The third kappa shape index (κ3) is 4.67. The highest BCUT2D eigenvalue weighted by atomic mass is 16.5. The maximum Gasteiger partial charge on any atom is 0.320 e. The zero-order chi connectivity index (χ0) is 18.4. The molecule has 0 aliphatic carbocycles. The Morgan fingerprint density at radius 1 is 1.36 bits per heavy atom. The Morgan fingerprint density at radius 2 is 2.04 bits per heavy atom. The van der Waals surface area contributed by atoms with Crippen molar-refractivity contribution in [3.05, 3.63) is 53.7 Å². The summed E-state index contributed by atoms with van der Waals surface area (Å²) in [4.78, 5) is 16.2. The van der Waals surface area contributed by atoms with Crippen molar-refractivity contribution < 1.29 is 14.6 Å². The van der Waals surface area contributed by atoms with Crippen LogP contribution in [0, 0.1) is 5.41 Å². The van der Waals surface area contributed by atoms with E-state index in [0.29, 0.717) is 5.56 Å². The topological polar surface area (TPSA) is 133 Å². The molecule has 2 amide bonds. The third-order valence-electron chi connectivity index (χ3n) is 3.55. The van der Waals surface area contributed by atoms with Gasteiger partial charge < -0.3 is 20.9 Å². The lowest BCUT2D eigenvalue weighted by atomic mass is 10.0. The van der Waals surface area contributed by atoms with Crippen LogP contribution in [0.25, 0.3) is 0 Å². The molecule has 25 heavy (non-hydrogen) atoms. The minimum absolute atomic E-state index is 0.112. The van der Waals surface area contributed by atoms with E-state index in [9.17, 15) is 9.90 Å². The molecule has 8 nitrogen and oxygen atoms in total. The molecule has 2 aromatic rings. The van der Waals surface area contributed by atoms with Gasteiger partial charge in [-0.15, -0.1) is 0 Å². The standard InChI is InChI=1S/C17H21N5O3/c1-10(23)15(11-6-4-3-5-7-11)22-17(24)21-14-8-13(18)12(9-20-14)16(19)25-2/h3-10,15,19,23H,1-2H3,(H4,18,20,21,22,24)/t10?,15-/m1/s1. The summed E-state index contributed by atoms with van der Waals surface area (Å²) in [6, 6.07) is 9.48. The Morgan fingerprint density at radius 3 is 2.60 bits per heavy atom.